The molecule has 78 valence electrons. The summed E-state index contributed by atoms with van der Waals surface area (Å²) < 4.78 is 4.79. The number of ether oxygens (including phenoxy) is 1. The fourth-order valence-corrected chi connectivity index (χ4v) is 0.970. The standard InChI is InChI=1S/C9H19NO3/c1-3-13-9(12)7-8(2)10-5-4-6-11/h8,10-11H,3-7H2,1-2H3. The SMILES string of the molecule is CCOC(=O)CC(C)NCCCO. The second-order valence-electron chi connectivity index (χ2n) is 2.94. The van der Waals surface area contributed by atoms with Crippen molar-refractivity contribution in [1.82, 2.24) is 5.32 Å². The third kappa shape index (κ3) is 7.74. The quantitative estimate of drug-likeness (QED) is 0.447. The Balaban J connectivity index is 3.38. The van der Waals surface area contributed by atoms with Crippen molar-refractivity contribution < 1.29 is 14.6 Å². The molecule has 1 unspecified atom stereocenters. The number of nitrogens with one attached hydrogen (secondary N) is 1. The van der Waals surface area contributed by atoms with Crippen LogP contribution in [0.2, 0.25) is 0 Å². The van der Waals surface area contributed by atoms with Crippen LogP contribution in [0.15, 0.2) is 0 Å². The molecule has 0 aromatic carbocycles. The van der Waals surface area contributed by atoms with Crippen LogP contribution in [0.3, 0.4) is 0 Å². The van der Waals surface area contributed by atoms with Crippen molar-refractivity contribution in [3.63, 3.8) is 0 Å². The van der Waals surface area contributed by atoms with Gasteiger partial charge >= 0.3 is 5.97 Å². The van der Waals surface area contributed by atoms with Gasteiger partial charge in [-0.3, -0.25) is 4.79 Å². The lowest BCUT2D eigenvalue weighted by Gasteiger charge is -2.11. The number of aliphatic hydroxyl groups is 1. The molecule has 0 saturated heterocycles. The summed E-state index contributed by atoms with van der Waals surface area (Å²) in [6, 6.07) is 0.116. The molecule has 0 heterocycles. The smallest absolute Gasteiger partial charge is 0.307 e. The molecule has 0 saturated carbocycles. The molecule has 0 aromatic heterocycles. The highest BCUT2D eigenvalue weighted by atomic mass is 16.5. The van der Waals surface area contributed by atoms with Crippen LogP contribution in [0.1, 0.15) is 26.7 Å². The third-order valence-corrected chi connectivity index (χ3v) is 1.61. The zero-order valence-corrected chi connectivity index (χ0v) is 8.38. The van der Waals surface area contributed by atoms with Crippen LogP contribution in [0.5, 0.6) is 0 Å². The van der Waals surface area contributed by atoms with Crippen molar-refractivity contribution in [2.24, 2.45) is 0 Å². The molecule has 0 fully saturated rings. The molecule has 13 heavy (non-hydrogen) atoms. The lowest BCUT2D eigenvalue weighted by atomic mass is 10.2. The van der Waals surface area contributed by atoms with Crippen molar-refractivity contribution in [3.8, 4) is 0 Å². The highest BCUT2D eigenvalue weighted by Crippen LogP contribution is 1.93. The fourth-order valence-electron chi connectivity index (χ4n) is 0.970. The zero-order chi connectivity index (χ0) is 10.1. The first-order valence-electron chi connectivity index (χ1n) is 4.70. The number of hydrogen-bond donors (Lipinski definition) is 2. The van der Waals surface area contributed by atoms with E-state index in [1.54, 1.807) is 6.92 Å². The maximum Gasteiger partial charge on any atom is 0.307 e. The highest BCUT2D eigenvalue weighted by molar-refractivity contribution is 5.69. The highest BCUT2D eigenvalue weighted by Gasteiger charge is 2.07. The Labute approximate surface area is 79.3 Å². The molecular formula is C9H19NO3. The minimum absolute atomic E-state index is 0.116. The summed E-state index contributed by atoms with van der Waals surface area (Å²) >= 11 is 0. The van der Waals surface area contributed by atoms with Crippen molar-refractivity contribution in [2.75, 3.05) is 19.8 Å². The van der Waals surface area contributed by atoms with Crippen molar-refractivity contribution in [2.45, 2.75) is 32.7 Å². The Morgan fingerprint density at radius 2 is 2.31 bits per heavy atom. The molecule has 0 spiro atoms. The first-order chi connectivity index (χ1) is 6.20. The maximum absolute atomic E-state index is 11.0. The van der Waals surface area contributed by atoms with Gasteiger partial charge in [0.2, 0.25) is 0 Å². The van der Waals surface area contributed by atoms with Crippen LogP contribution in [-0.4, -0.2) is 36.9 Å². The van der Waals surface area contributed by atoms with E-state index in [-0.39, 0.29) is 18.6 Å². The lowest BCUT2D eigenvalue weighted by molar-refractivity contribution is -0.143. The molecular weight excluding hydrogens is 170 g/mol. The molecule has 4 nitrogen and oxygen atoms in total. The van der Waals surface area contributed by atoms with E-state index in [0.29, 0.717) is 19.4 Å². The van der Waals surface area contributed by atoms with Gasteiger partial charge in [-0.15, -0.1) is 0 Å². The Bertz CT molecular complexity index is 139. The summed E-state index contributed by atoms with van der Waals surface area (Å²) in [7, 11) is 0. The first kappa shape index (κ1) is 12.4. The topological polar surface area (TPSA) is 58.6 Å². The Morgan fingerprint density at radius 1 is 1.62 bits per heavy atom. The van der Waals surface area contributed by atoms with E-state index in [0.717, 1.165) is 6.54 Å². The summed E-state index contributed by atoms with van der Waals surface area (Å²) in [5.41, 5.74) is 0. The van der Waals surface area contributed by atoms with E-state index in [2.05, 4.69) is 5.32 Å². The number of hydrogen-bond acceptors (Lipinski definition) is 4. The van der Waals surface area contributed by atoms with E-state index in [4.69, 9.17) is 9.84 Å². The van der Waals surface area contributed by atoms with Gasteiger partial charge in [-0.2, -0.15) is 0 Å². The van der Waals surface area contributed by atoms with Crippen LogP contribution in [0, 0.1) is 0 Å². The van der Waals surface area contributed by atoms with Gasteiger partial charge in [0, 0.05) is 12.6 Å². The second-order valence-corrected chi connectivity index (χ2v) is 2.94. The van der Waals surface area contributed by atoms with Crippen molar-refractivity contribution in [1.29, 1.82) is 0 Å². The van der Waals surface area contributed by atoms with E-state index < -0.39 is 0 Å². The zero-order valence-electron chi connectivity index (χ0n) is 8.38. The van der Waals surface area contributed by atoms with Crippen LogP contribution < -0.4 is 5.32 Å². The molecule has 0 aliphatic rings. The molecule has 0 rings (SSSR count). The van der Waals surface area contributed by atoms with Gasteiger partial charge in [-0.1, -0.05) is 0 Å². The minimum atomic E-state index is -0.175. The Kier molecular flexibility index (Phi) is 7.63. The van der Waals surface area contributed by atoms with Gasteiger partial charge in [0.15, 0.2) is 0 Å². The molecule has 0 aromatic rings. The molecule has 2 N–H and O–H groups in total. The summed E-state index contributed by atoms with van der Waals surface area (Å²) in [4.78, 5) is 11.0. The number of rotatable bonds is 7. The Morgan fingerprint density at radius 3 is 2.85 bits per heavy atom. The summed E-state index contributed by atoms with van der Waals surface area (Å²) in [5.74, 6) is -0.175. The summed E-state index contributed by atoms with van der Waals surface area (Å²) in [5, 5.41) is 11.6. The van der Waals surface area contributed by atoms with E-state index in [9.17, 15) is 4.79 Å². The van der Waals surface area contributed by atoms with E-state index >= 15 is 0 Å². The van der Waals surface area contributed by atoms with Gasteiger partial charge in [0.25, 0.3) is 0 Å². The predicted molar refractivity (Wildman–Crippen MR) is 50.4 cm³/mol. The van der Waals surface area contributed by atoms with Crippen LogP contribution in [0.25, 0.3) is 0 Å². The van der Waals surface area contributed by atoms with Gasteiger partial charge in [0.1, 0.15) is 0 Å². The van der Waals surface area contributed by atoms with Crippen LogP contribution >= 0.6 is 0 Å². The van der Waals surface area contributed by atoms with Gasteiger partial charge < -0.3 is 15.2 Å². The van der Waals surface area contributed by atoms with Gasteiger partial charge in [-0.05, 0) is 26.8 Å². The average Bonchev–Trinajstić information content (AvgIpc) is 2.05. The fraction of sp³-hybridized carbons (Fsp3) is 0.889. The number of carbonyl (C=O) groups excluding carboxylic acids is 1. The number of aliphatic hydroxyl groups excluding tert-OH is 1. The lowest BCUT2D eigenvalue weighted by Crippen LogP contribution is -2.30. The molecule has 0 bridgehead atoms. The van der Waals surface area contributed by atoms with E-state index in [1.807, 2.05) is 6.92 Å². The Hall–Kier alpha value is -0.610. The number of carbonyl (C=O) groups is 1. The molecule has 0 radical (unpaired) electrons. The first-order valence-corrected chi connectivity index (χ1v) is 4.70. The molecule has 0 aliphatic carbocycles. The molecule has 1 atom stereocenters. The predicted octanol–water partition coefficient (Wildman–Crippen LogP) is 0.300. The van der Waals surface area contributed by atoms with Crippen LogP contribution in [-0.2, 0) is 9.53 Å². The molecule has 4 heteroatoms. The normalized spacial score (nSPS) is 12.5. The van der Waals surface area contributed by atoms with Gasteiger partial charge in [-0.25, -0.2) is 0 Å². The van der Waals surface area contributed by atoms with Gasteiger partial charge in [0.05, 0.1) is 13.0 Å². The summed E-state index contributed by atoms with van der Waals surface area (Å²) in [6.45, 7) is 5.06. The average molecular weight is 189 g/mol. The monoisotopic (exact) mass is 189 g/mol. The number of esters is 1. The largest absolute Gasteiger partial charge is 0.466 e. The molecule has 0 amide bonds. The van der Waals surface area contributed by atoms with Crippen molar-refractivity contribution in [3.05, 3.63) is 0 Å². The third-order valence-electron chi connectivity index (χ3n) is 1.61. The van der Waals surface area contributed by atoms with Crippen LogP contribution in [0.4, 0.5) is 0 Å². The second kappa shape index (κ2) is 8.01. The van der Waals surface area contributed by atoms with E-state index in [1.165, 1.54) is 0 Å². The minimum Gasteiger partial charge on any atom is -0.466 e. The maximum atomic E-state index is 11.0. The summed E-state index contributed by atoms with van der Waals surface area (Å²) in [6.07, 6.45) is 1.10. The van der Waals surface area contributed by atoms with Crippen molar-refractivity contribution >= 4 is 5.97 Å². The molecule has 0 aliphatic heterocycles.